The van der Waals surface area contributed by atoms with Crippen molar-refractivity contribution in [2.24, 2.45) is 0 Å². The number of cyclic esters (lactones) is 1. The smallest absolute Gasteiger partial charge is 0.411 e. The molecule has 2 aliphatic heterocycles. The summed E-state index contributed by atoms with van der Waals surface area (Å²) in [6, 6.07) is 0. The second kappa shape index (κ2) is 6.93. The minimum absolute atomic E-state index is 0.00633. The zero-order valence-corrected chi connectivity index (χ0v) is 12.8. The molecule has 4 heteroatoms. The van der Waals surface area contributed by atoms with Gasteiger partial charge in [0.2, 0.25) is 0 Å². The summed E-state index contributed by atoms with van der Waals surface area (Å²) in [6.07, 6.45) is 8.61. The molecule has 2 unspecified atom stereocenters. The molecule has 2 atom stereocenters. The summed E-state index contributed by atoms with van der Waals surface area (Å²) >= 11 is 0. The van der Waals surface area contributed by atoms with Crippen LogP contribution in [0.1, 0.15) is 46.5 Å². The minimum Gasteiger partial charge on any atom is -0.442 e. The highest BCUT2D eigenvalue weighted by Crippen LogP contribution is 2.24. The fraction of sp³-hybridized carbons (Fsp3) is 0.688. The first kappa shape index (κ1) is 15.1. The van der Waals surface area contributed by atoms with Crippen LogP contribution in [0.25, 0.3) is 0 Å². The summed E-state index contributed by atoms with van der Waals surface area (Å²) < 4.78 is 5.41. The van der Waals surface area contributed by atoms with Gasteiger partial charge in [-0.1, -0.05) is 23.3 Å². The summed E-state index contributed by atoms with van der Waals surface area (Å²) in [7, 11) is 0. The lowest BCUT2D eigenvalue weighted by Crippen LogP contribution is -2.38. The monoisotopic (exact) mass is 278 g/mol. The zero-order chi connectivity index (χ0) is 14.5. The normalized spacial score (nSPS) is 25.6. The number of amides is 1. The molecule has 0 spiro atoms. The lowest BCUT2D eigenvalue weighted by Gasteiger charge is -2.15. The molecule has 1 N–H and O–H groups in total. The Balaban J connectivity index is 1.72. The van der Waals surface area contributed by atoms with E-state index in [-0.39, 0.29) is 18.4 Å². The highest BCUT2D eigenvalue weighted by Gasteiger charge is 2.43. The van der Waals surface area contributed by atoms with Crippen molar-refractivity contribution in [3.63, 3.8) is 0 Å². The van der Waals surface area contributed by atoms with E-state index in [9.17, 15) is 4.79 Å². The molecule has 2 heterocycles. The SMILES string of the molecule is CC(C)=CCC/C(C)=C/CCC1OC(=O)N2CCNC12. The summed E-state index contributed by atoms with van der Waals surface area (Å²) in [4.78, 5) is 13.4. The molecule has 4 nitrogen and oxygen atoms in total. The van der Waals surface area contributed by atoms with Crippen LogP contribution in [0.3, 0.4) is 0 Å². The quantitative estimate of drug-likeness (QED) is 0.759. The second-order valence-corrected chi connectivity index (χ2v) is 5.96. The fourth-order valence-corrected chi connectivity index (χ4v) is 2.78. The first-order chi connectivity index (χ1) is 9.58. The van der Waals surface area contributed by atoms with Crippen molar-refractivity contribution in [1.29, 1.82) is 0 Å². The average Bonchev–Trinajstić information content (AvgIpc) is 2.95. The Bertz CT molecular complexity index is 411. The van der Waals surface area contributed by atoms with Gasteiger partial charge in [-0.2, -0.15) is 0 Å². The van der Waals surface area contributed by atoms with E-state index in [0.29, 0.717) is 0 Å². The number of nitrogens with zero attached hydrogens (tertiary/aromatic N) is 1. The maximum absolute atomic E-state index is 11.6. The number of hydrogen-bond donors (Lipinski definition) is 1. The van der Waals surface area contributed by atoms with Gasteiger partial charge in [-0.3, -0.25) is 10.2 Å². The van der Waals surface area contributed by atoms with Gasteiger partial charge in [0, 0.05) is 13.1 Å². The Morgan fingerprint density at radius 1 is 1.35 bits per heavy atom. The molecule has 2 fully saturated rings. The van der Waals surface area contributed by atoms with Gasteiger partial charge in [-0.15, -0.1) is 0 Å². The highest BCUT2D eigenvalue weighted by molar-refractivity contribution is 5.71. The van der Waals surface area contributed by atoms with Crippen molar-refractivity contribution in [2.75, 3.05) is 13.1 Å². The van der Waals surface area contributed by atoms with Gasteiger partial charge in [0.05, 0.1) is 0 Å². The molecule has 1 amide bonds. The van der Waals surface area contributed by atoms with Crippen molar-refractivity contribution >= 4 is 6.09 Å². The Kier molecular flexibility index (Phi) is 5.24. The van der Waals surface area contributed by atoms with Gasteiger partial charge in [0.1, 0.15) is 12.3 Å². The zero-order valence-electron chi connectivity index (χ0n) is 12.8. The molecule has 0 radical (unpaired) electrons. The van der Waals surface area contributed by atoms with Crippen molar-refractivity contribution in [3.8, 4) is 0 Å². The van der Waals surface area contributed by atoms with E-state index < -0.39 is 0 Å². The molecular weight excluding hydrogens is 252 g/mol. The predicted molar refractivity (Wildman–Crippen MR) is 80.4 cm³/mol. The van der Waals surface area contributed by atoms with Crippen LogP contribution < -0.4 is 5.32 Å². The highest BCUT2D eigenvalue weighted by atomic mass is 16.6. The van der Waals surface area contributed by atoms with Crippen LogP contribution >= 0.6 is 0 Å². The number of ether oxygens (including phenoxy) is 1. The molecule has 0 aromatic rings. The third-order valence-electron chi connectivity index (χ3n) is 3.92. The first-order valence-electron chi connectivity index (χ1n) is 7.57. The number of rotatable bonds is 6. The molecule has 0 bridgehead atoms. The lowest BCUT2D eigenvalue weighted by molar-refractivity contribution is 0.120. The minimum atomic E-state index is -0.158. The van der Waals surface area contributed by atoms with Crippen molar-refractivity contribution in [2.45, 2.75) is 58.7 Å². The largest absolute Gasteiger partial charge is 0.442 e. The van der Waals surface area contributed by atoms with Crippen molar-refractivity contribution < 1.29 is 9.53 Å². The van der Waals surface area contributed by atoms with E-state index in [4.69, 9.17) is 4.74 Å². The van der Waals surface area contributed by atoms with Crippen molar-refractivity contribution in [1.82, 2.24) is 10.2 Å². The van der Waals surface area contributed by atoms with Gasteiger partial charge in [0.15, 0.2) is 0 Å². The van der Waals surface area contributed by atoms with Crippen LogP contribution in [0.15, 0.2) is 23.3 Å². The molecule has 2 rings (SSSR count). The van der Waals surface area contributed by atoms with E-state index >= 15 is 0 Å². The van der Waals surface area contributed by atoms with E-state index in [0.717, 1.165) is 38.8 Å². The van der Waals surface area contributed by atoms with E-state index in [1.54, 1.807) is 4.90 Å². The molecule has 2 aliphatic rings. The number of fused-ring (bicyclic) bond motifs is 1. The first-order valence-corrected chi connectivity index (χ1v) is 7.57. The Morgan fingerprint density at radius 2 is 2.15 bits per heavy atom. The maximum Gasteiger partial charge on any atom is 0.411 e. The van der Waals surface area contributed by atoms with Crippen LogP contribution in [0.4, 0.5) is 4.79 Å². The van der Waals surface area contributed by atoms with Gasteiger partial charge in [-0.25, -0.2) is 4.79 Å². The van der Waals surface area contributed by atoms with Gasteiger partial charge in [-0.05, 0) is 46.5 Å². The number of hydrogen-bond acceptors (Lipinski definition) is 3. The summed E-state index contributed by atoms with van der Waals surface area (Å²) in [5.41, 5.74) is 2.80. The molecule has 0 aromatic carbocycles. The maximum atomic E-state index is 11.6. The van der Waals surface area contributed by atoms with E-state index in [1.807, 2.05) is 0 Å². The molecule has 0 aliphatic carbocycles. The molecule has 0 aromatic heterocycles. The number of nitrogens with one attached hydrogen (secondary N) is 1. The summed E-state index contributed by atoms with van der Waals surface area (Å²) in [5.74, 6) is 0. The van der Waals surface area contributed by atoms with Gasteiger partial charge < -0.3 is 4.74 Å². The fourth-order valence-electron chi connectivity index (χ4n) is 2.78. The van der Waals surface area contributed by atoms with Crippen molar-refractivity contribution in [3.05, 3.63) is 23.3 Å². The second-order valence-electron chi connectivity index (χ2n) is 5.96. The third kappa shape index (κ3) is 3.85. The molecule has 2 saturated heterocycles. The molecule has 0 saturated carbocycles. The Labute approximate surface area is 121 Å². The number of carbonyl (C=O) groups excluding carboxylic acids is 1. The van der Waals surface area contributed by atoms with E-state index in [1.165, 1.54) is 11.1 Å². The lowest BCUT2D eigenvalue weighted by atomic mass is 10.1. The molecular formula is C16H26N2O2. The number of allylic oxidation sites excluding steroid dienone is 4. The number of carbonyl (C=O) groups is 1. The Morgan fingerprint density at radius 3 is 2.90 bits per heavy atom. The summed E-state index contributed by atoms with van der Waals surface area (Å²) in [5, 5.41) is 3.34. The van der Waals surface area contributed by atoms with Gasteiger partial charge >= 0.3 is 6.09 Å². The van der Waals surface area contributed by atoms with Crippen LogP contribution in [-0.2, 0) is 4.74 Å². The van der Waals surface area contributed by atoms with Gasteiger partial charge in [0.25, 0.3) is 0 Å². The van der Waals surface area contributed by atoms with Crippen LogP contribution in [0.5, 0.6) is 0 Å². The molecule has 112 valence electrons. The van der Waals surface area contributed by atoms with Crippen LogP contribution in [0, 0.1) is 0 Å². The van der Waals surface area contributed by atoms with E-state index in [2.05, 4.69) is 38.2 Å². The topological polar surface area (TPSA) is 41.6 Å². The standard InChI is InChI=1S/C16H26N2O2/c1-12(2)6-4-7-13(3)8-5-9-14-15-17-10-11-18(15)16(19)20-14/h6,8,14-15,17H,4-5,7,9-11H2,1-3H3/b13-8+. The molecule has 20 heavy (non-hydrogen) atoms. The Hall–Kier alpha value is -1.29. The summed E-state index contributed by atoms with van der Waals surface area (Å²) in [6.45, 7) is 8.10. The third-order valence-corrected chi connectivity index (χ3v) is 3.92. The average molecular weight is 278 g/mol. The van der Waals surface area contributed by atoms with Crippen LogP contribution in [-0.4, -0.2) is 36.4 Å². The van der Waals surface area contributed by atoms with Crippen LogP contribution in [0.2, 0.25) is 0 Å². The predicted octanol–water partition coefficient (Wildman–Crippen LogP) is 3.21.